The van der Waals surface area contributed by atoms with Crippen LogP contribution in [-0.2, 0) is 16.1 Å². The fourth-order valence-corrected chi connectivity index (χ4v) is 4.86. The molecule has 0 saturated heterocycles. The Morgan fingerprint density at radius 3 is 2.75 bits per heavy atom. The second-order valence-electron chi connectivity index (χ2n) is 7.58. The minimum atomic E-state index is -0.489. The summed E-state index contributed by atoms with van der Waals surface area (Å²) in [5, 5.41) is 3.04. The van der Waals surface area contributed by atoms with Gasteiger partial charge in [-0.15, -0.1) is 0 Å². The maximum absolute atomic E-state index is 13.4. The summed E-state index contributed by atoms with van der Waals surface area (Å²) in [5.74, 6) is 0.270. The largest absolute Gasteiger partial charge is 0.467 e. The van der Waals surface area contributed by atoms with Crippen LogP contribution < -0.4 is 5.32 Å². The summed E-state index contributed by atoms with van der Waals surface area (Å²) in [4.78, 5) is 28.6. The van der Waals surface area contributed by atoms with Gasteiger partial charge in [-0.05, 0) is 36.6 Å². The van der Waals surface area contributed by atoms with Crippen LogP contribution >= 0.6 is 0 Å². The Labute approximate surface area is 164 Å². The van der Waals surface area contributed by atoms with Gasteiger partial charge in [-0.3, -0.25) is 9.59 Å². The average Bonchev–Trinajstić information content (AvgIpc) is 3.39. The summed E-state index contributed by atoms with van der Waals surface area (Å²) < 4.78 is 10.6. The van der Waals surface area contributed by atoms with Crippen LogP contribution in [0.1, 0.15) is 53.3 Å². The molecule has 1 aliphatic carbocycles. The van der Waals surface area contributed by atoms with Crippen LogP contribution in [0.15, 0.2) is 47.1 Å². The van der Waals surface area contributed by atoms with Crippen molar-refractivity contribution in [3.05, 3.63) is 59.5 Å². The highest BCUT2D eigenvalue weighted by atomic mass is 16.5. The molecule has 148 valence electrons. The Balaban J connectivity index is 1.72. The number of furan rings is 1. The van der Waals surface area contributed by atoms with Crippen molar-refractivity contribution in [3.8, 4) is 0 Å². The lowest BCUT2D eigenvalue weighted by atomic mass is 9.71. The van der Waals surface area contributed by atoms with E-state index in [2.05, 4.69) is 5.32 Å². The van der Waals surface area contributed by atoms with E-state index < -0.39 is 11.5 Å². The summed E-state index contributed by atoms with van der Waals surface area (Å²) in [7, 11) is 1.64. The number of rotatable bonds is 6. The molecule has 2 aliphatic rings. The highest BCUT2D eigenvalue weighted by molar-refractivity contribution is 6.02. The number of amides is 2. The summed E-state index contributed by atoms with van der Waals surface area (Å²) >= 11 is 0. The van der Waals surface area contributed by atoms with E-state index >= 15 is 0 Å². The molecular formula is C22H26N2O4. The molecule has 6 heteroatoms. The fourth-order valence-electron chi connectivity index (χ4n) is 4.86. The van der Waals surface area contributed by atoms with Crippen molar-refractivity contribution < 1.29 is 18.7 Å². The van der Waals surface area contributed by atoms with Gasteiger partial charge >= 0.3 is 0 Å². The standard InChI is InChI=1S/C22H26N2O4/c1-27-14-12-24-21(26)18-9-3-2-8-17(18)19(22(24)10-4-5-11-22)20(25)23-15-16-7-6-13-28-16/h2-3,6-9,13,19H,4-5,10-12,14-15H2,1H3,(H,23,25)/t19-/m0/s1. The molecule has 28 heavy (non-hydrogen) atoms. The zero-order valence-electron chi connectivity index (χ0n) is 16.1. The zero-order valence-corrected chi connectivity index (χ0v) is 16.1. The number of ether oxygens (including phenoxy) is 1. The number of nitrogens with one attached hydrogen (secondary N) is 1. The average molecular weight is 382 g/mol. The van der Waals surface area contributed by atoms with Crippen molar-refractivity contribution in [2.45, 2.75) is 43.7 Å². The van der Waals surface area contributed by atoms with E-state index in [4.69, 9.17) is 9.15 Å². The second-order valence-corrected chi connectivity index (χ2v) is 7.58. The molecule has 1 N–H and O–H groups in total. The highest BCUT2D eigenvalue weighted by Gasteiger charge is 2.55. The molecule has 2 aromatic rings. The van der Waals surface area contributed by atoms with Gasteiger partial charge in [0.15, 0.2) is 0 Å². The summed E-state index contributed by atoms with van der Waals surface area (Å²) in [6.07, 6.45) is 5.29. The topological polar surface area (TPSA) is 71.8 Å². The van der Waals surface area contributed by atoms with Gasteiger partial charge < -0.3 is 19.4 Å². The third-order valence-electron chi connectivity index (χ3n) is 6.09. The van der Waals surface area contributed by atoms with Crippen LogP contribution in [0.5, 0.6) is 0 Å². The van der Waals surface area contributed by atoms with Crippen LogP contribution in [0.2, 0.25) is 0 Å². The van der Waals surface area contributed by atoms with E-state index in [9.17, 15) is 9.59 Å². The van der Waals surface area contributed by atoms with Crippen molar-refractivity contribution >= 4 is 11.8 Å². The Kier molecular flexibility index (Phi) is 5.22. The van der Waals surface area contributed by atoms with E-state index in [1.54, 1.807) is 19.4 Å². The molecule has 0 radical (unpaired) electrons. The first-order valence-corrected chi connectivity index (χ1v) is 9.87. The van der Waals surface area contributed by atoms with E-state index in [-0.39, 0.29) is 11.8 Å². The Bertz CT molecular complexity index is 840. The van der Waals surface area contributed by atoms with Gasteiger partial charge in [-0.1, -0.05) is 31.0 Å². The first kappa shape index (κ1) is 18.7. The van der Waals surface area contributed by atoms with Crippen molar-refractivity contribution in [2.75, 3.05) is 20.3 Å². The fraction of sp³-hybridized carbons (Fsp3) is 0.455. The van der Waals surface area contributed by atoms with Crippen molar-refractivity contribution in [1.29, 1.82) is 0 Å². The number of hydrogen-bond donors (Lipinski definition) is 1. The maximum Gasteiger partial charge on any atom is 0.254 e. The van der Waals surface area contributed by atoms with Crippen molar-refractivity contribution in [1.82, 2.24) is 10.2 Å². The number of hydrogen-bond acceptors (Lipinski definition) is 4. The molecule has 2 amide bonds. The molecule has 1 spiro atoms. The van der Waals surface area contributed by atoms with Crippen LogP contribution in [0, 0.1) is 0 Å². The molecule has 4 rings (SSSR count). The molecule has 0 unspecified atom stereocenters. The predicted octanol–water partition coefficient (Wildman–Crippen LogP) is 3.09. The SMILES string of the molecule is COCCN1C(=O)c2ccccc2[C@@H](C(=O)NCc2ccco2)C12CCCC2. The first-order valence-electron chi connectivity index (χ1n) is 9.87. The third kappa shape index (κ3) is 3.11. The van der Waals surface area contributed by atoms with E-state index in [0.29, 0.717) is 31.0 Å². The number of nitrogens with zero attached hydrogens (tertiary/aromatic N) is 1. The number of methoxy groups -OCH3 is 1. The second kappa shape index (κ2) is 7.80. The van der Waals surface area contributed by atoms with Gasteiger partial charge in [0.2, 0.25) is 5.91 Å². The smallest absolute Gasteiger partial charge is 0.254 e. The van der Waals surface area contributed by atoms with Crippen LogP contribution in [0.3, 0.4) is 0 Å². The maximum atomic E-state index is 13.4. The van der Waals surface area contributed by atoms with Gasteiger partial charge in [-0.25, -0.2) is 0 Å². The number of benzene rings is 1. The van der Waals surface area contributed by atoms with E-state index in [1.807, 2.05) is 35.2 Å². The van der Waals surface area contributed by atoms with Gasteiger partial charge in [0, 0.05) is 19.2 Å². The summed E-state index contributed by atoms with van der Waals surface area (Å²) in [5.41, 5.74) is 0.964. The van der Waals surface area contributed by atoms with Gasteiger partial charge in [-0.2, -0.15) is 0 Å². The minimum absolute atomic E-state index is 0.00429. The monoisotopic (exact) mass is 382 g/mol. The van der Waals surface area contributed by atoms with Crippen LogP contribution in [0.4, 0.5) is 0 Å². The zero-order chi connectivity index (χ0) is 19.6. The highest BCUT2D eigenvalue weighted by Crippen LogP contribution is 2.50. The lowest BCUT2D eigenvalue weighted by Crippen LogP contribution is -2.61. The van der Waals surface area contributed by atoms with Crippen molar-refractivity contribution in [3.63, 3.8) is 0 Å². The normalized spacial score (nSPS) is 20.4. The molecule has 1 atom stereocenters. The van der Waals surface area contributed by atoms with Crippen LogP contribution in [-0.4, -0.2) is 42.5 Å². The molecule has 6 nitrogen and oxygen atoms in total. The molecule has 1 fully saturated rings. The number of carbonyl (C=O) groups excluding carboxylic acids is 2. The summed E-state index contributed by atoms with van der Waals surface area (Å²) in [6, 6.07) is 11.2. The predicted molar refractivity (Wildman–Crippen MR) is 104 cm³/mol. The molecule has 1 aromatic heterocycles. The lowest BCUT2D eigenvalue weighted by Gasteiger charge is -2.50. The van der Waals surface area contributed by atoms with E-state index in [1.165, 1.54) is 0 Å². The Hall–Kier alpha value is -2.60. The van der Waals surface area contributed by atoms with Gasteiger partial charge in [0.25, 0.3) is 5.91 Å². The molecule has 1 aromatic carbocycles. The minimum Gasteiger partial charge on any atom is -0.467 e. The number of carbonyl (C=O) groups is 2. The van der Waals surface area contributed by atoms with E-state index in [0.717, 1.165) is 31.2 Å². The molecule has 1 aliphatic heterocycles. The number of fused-ring (bicyclic) bond motifs is 1. The quantitative estimate of drug-likeness (QED) is 0.833. The lowest BCUT2D eigenvalue weighted by molar-refractivity contribution is -0.126. The molecule has 0 bridgehead atoms. The molecule has 1 saturated carbocycles. The first-order chi connectivity index (χ1) is 13.7. The van der Waals surface area contributed by atoms with Gasteiger partial charge in [0.05, 0.1) is 30.9 Å². The summed E-state index contributed by atoms with van der Waals surface area (Å²) in [6.45, 7) is 1.29. The third-order valence-corrected chi connectivity index (χ3v) is 6.09. The Morgan fingerprint density at radius 2 is 2.04 bits per heavy atom. The van der Waals surface area contributed by atoms with Gasteiger partial charge in [0.1, 0.15) is 5.76 Å². The van der Waals surface area contributed by atoms with Crippen molar-refractivity contribution in [2.24, 2.45) is 0 Å². The molecule has 2 heterocycles. The Morgan fingerprint density at radius 1 is 1.25 bits per heavy atom. The molecular weight excluding hydrogens is 356 g/mol. The van der Waals surface area contributed by atoms with Crippen LogP contribution in [0.25, 0.3) is 0 Å².